The summed E-state index contributed by atoms with van der Waals surface area (Å²) in [6, 6.07) is 0. The molecule has 1 aromatic rings. The van der Waals surface area contributed by atoms with E-state index in [1.807, 2.05) is 4.68 Å². The number of hydrogen-bond acceptors (Lipinski definition) is 3. The topological polar surface area (TPSA) is 59.8 Å². The summed E-state index contributed by atoms with van der Waals surface area (Å²) in [5, 5.41) is 6.89. The summed E-state index contributed by atoms with van der Waals surface area (Å²) < 4.78 is 1.84. The van der Waals surface area contributed by atoms with Gasteiger partial charge in [-0.2, -0.15) is 5.10 Å². The standard InChI is InChI=1S/C8H12N4O/c1-7(13)10-4-8(2-3-8)12-6-9-5-11-12/h5-6H,2-4H2,1H3,(H,10,13). The summed E-state index contributed by atoms with van der Waals surface area (Å²) in [5.74, 6) is 0.00592. The highest BCUT2D eigenvalue weighted by molar-refractivity contribution is 5.72. The second-order valence-corrected chi connectivity index (χ2v) is 3.47. The van der Waals surface area contributed by atoms with Crippen molar-refractivity contribution in [2.24, 2.45) is 0 Å². The molecule has 1 N–H and O–H groups in total. The van der Waals surface area contributed by atoms with Gasteiger partial charge < -0.3 is 5.32 Å². The quantitative estimate of drug-likeness (QED) is 0.706. The molecule has 1 aromatic heterocycles. The van der Waals surface area contributed by atoms with Gasteiger partial charge in [-0.3, -0.25) is 4.79 Å². The van der Waals surface area contributed by atoms with Gasteiger partial charge in [-0.15, -0.1) is 0 Å². The Balaban J connectivity index is 2.01. The SMILES string of the molecule is CC(=O)NCC1(n2cncn2)CC1. The molecule has 0 spiro atoms. The summed E-state index contributed by atoms with van der Waals surface area (Å²) in [7, 11) is 0. The summed E-state index contributed by atoms with van der Waals surface area (Å²) in [4.78, 5) is 14.6. The Morgan fingerprint density at radius 2 is 2.46 bits per heavy atom. The van der Waals surface area contributed by atoms with E-state index in [1.54, 1.807) is 6.33 Å². The van der Waals surface area contributed by atoms with E-state index in [-0.39, 0.29) is 11.4 Å². The molecule has 5 heteroatoms. The first-order valence-electron chi connectivity index (χ1n) is 4.32. The van der Waals surface area contributed by atoms with Crippen LogP contribution in [0.2, 0.25) is 0 Å². The van der Waals surface area contributed by atoms with Crippen LogP contribution >= 0.6 is 0 Å². The number of nitrogens with one attached hydrogen (secondary N) is 1. The van der Waals surface area contributed by atoms with Crippen molar-refractivity contribution in [3.63, 3.8) is 0 Å². The average molecular weight is 180 g/mol. The van der Waals surface area contributed by atoms with Gasteiger partial charge in [0, 0.05) is 13.5 Å². The van der Waals surface area contributed by atoms with E-state index < -0.39 is 0 Å². The van der Waals surface area contributed by atoms with Gasteiger partial charge in [0.2, 0.25) is 5.91 Å². The smallest absolute Gasteiger partial charge is 0.216 e. The van der Waals surface area contributed by atoms with Crippen LogP contribution in [0, 0.1) is 0 Å². The minimum absolute atomic E-state index is 0.00592. The molecule has 0 aliphatic heterocycles. The lowest BCUT2D eigenvalue weighted by molar-refractivity contribution is -0.119. The molecule has 13 heavy (non-hydrogen) atoms. The van der Waals surface area contributed by atoms with Gasteiger partial charge in [0.25, 0.3) is 0 Å². The fourth-order valence-corrected chi connectivity index (χ4v) is 1.37. The van der Waals surface area contributed by atoms with Crippen LogP contribution in [-0.4, -0.2) is 27.2 Å². The minimum Gasteiger partial charge on any atom is -0.354 e. The van der Waals surface area contributed by atoms with Crippen molar-refractivity contribution in [1.29, 1.82) is 0 Å². The zero-order valence-electron chi connectivity index (χ0n) is 7.53. The second kappa shape index (κ2) is 2.83. The molecule has 1 saturated carbocycles. The van der Waals surface area contributed by atoms with E-state index in [4.69, 9.17) is 0 Å². The van der Waals surface area contributed by atoms with Gasteiger partial charge >= 0.3 is 0 Å². The van der Waals surface area contributed by atoms with Gasteiger partial charge in [0.1, 0.15) is 12.7 Å². The normalized spacial score (nSPS) is 18.2. The fourth-order valence-electron chi connectivity index (χ4n) is 1.37. The van der Waals surface area contributed by atoms with E-state index in [1.165, 1.54) is 13.3 Å². The molecule has 0 atom stereocenters. The number of rotatable bonds is 3. The fraction of sp³-hybridized carbons (Fsp3) is 0.625. The maximum atomic E-state index is 10.7. The Hall–Kier alpha value is -1.39. The Morgan fingerprint density at radius 1 is 1.69 bits per heavy atom. The third-order valence-corrected chi connectivity index (χ3v) is 2.40. The molecular formula is C8H12N4O. The molecular weight excluding hydrogens is 168 g/mol. The number of nitrogens with zero attached hydrogens (tertiary/aromatic N) is 3. The Kier molecular flexibility index (Phi) is 1.79. The van der Waals surface area contributed by atoms with Gasteiger partial charge in [0.15, 0.2) is 0 Å². The molecule has 1 heterocycles. The molecule has 0 saturated heterocycles. The highest BCUT2D eigenvalue weighted by Gasteiger charge is 2.45. The van der Waals surface area contributed by atoms with Crippen LogP contribution in [-0.2, 0) is 10.3 Å². The predicted molar refractivity (Wildman–Crippen MR) is 45.9 cm³/mol. The Labute approximate surface area is 76.2 Å². The highest BCUT2D eigenvalue weighted by Crippen LogP contribution is 2.41. The maximum Gasteiger partial charge on any atom is 0.216 e. The first-order chi connectivity index (χ1) is 6.23. The minimum atomic E-state index is 0.00592. The highest BCUT2D eigenvalue weighted by atomic mass is 16.1. The Bertz CT molecular complexity index is 302. The number of amides is 1. The average Bonchev–Trinajstić information content (AvgIpc) is 2.68. The third kappa shape index (κ3) is 1.54. The van der Waals surface area contributed by atoms with Crippen LogP contribution in [0.5, 0.6) is 0 Å². The molecule has 1 aliphatic rings. The van der Waals surface area contributed by atoms with Crippen LogP contribution in [0.4, 0.5) is 0 Å². The molecule has 1 aliphatic carbocycles. The van der Waals surface area contributed by atoms with Crippen molar-refractivity contribution in [3.05, 3.63) is 12.7 Å². The number of hydrogen-bond donors (Lipinski definition) is 1. The van der Waals surface area contributed by atoms with E-state index in [9.17, 15) is 4.79 Å². The van der Waals surface area contributed by atoms with Crippen molar-refractivity contribution in [2.75, 3.05) is 6.54 Å². The van der Waals surface area contributed by atoms with Crippen molar-refractivity contribution >= 4 is 5.91 Å². The summed E-state index contributed by atoms with van der Waals surface area (Å²) in [6.45, 7) is 2.18. The number of carbonyl (C=O) groups is 1. The van der Waals surface area contributed by atoms with Crippen molar-refractivity contribution < 1.29 is 4.79 Å². The van der Waals surface area contributed by atoms with Gasteiger partial charge in [0.05, 0.1) is 5.54 Å². The molecule has 70 valence electrons. The molecule has 0 unspecified atom stereocenters. The van der Waals surface area contributed by atoms with Gasteiger partial charge in [-0.1, -0.05) is 0 Å². The Morgan fingerprint density at radius 3 is 2.92 bits per heavy atom. The lowest BCUT2D eigenvalue weighted by Crippen LogP contribution is -2.34. The molecule has 1 amide bonds. The van der Waals surface area contributed by atoms with E-state index in [2.05, 4.69) is 15.4 Å². The number of aromatic nitrogens is 3. The van der Waals surface area contributed by atoms with Gasteiger partial charge in [-0.25, -0.2) is 9.67 Å². The maximum absolute atomic E-state index is 10.7. The third-order valence-electron chi connectivity index (χ3n) is 2.40. The molecule has 5 nitrogen and oxygen atoms in total. The van der Waals surface area contributed by atoms with Crippen molar-refractivity contribution in [3.8, 4) is 0 Å². The lowest BCUT2D eigenvalue weighted by Gasteiger charge is -2.14. The zero-order valence-corrected chi connectivity index (χ0v) is 7.53. The predicted octanol–water partition coefficient (Wildman–Crippen LogP) is -0.0967. The lowest BCUT2D eigenvalue weighted by atomic mass is 10.3. The van der Waals surface area contributed by atoms with E-state index >= 15 is 0 Å². The summed E-state index contributed by atoms with van der Waals surface area (Å²) in [5.41, 5.74) is 0.0160. The molecule has 1 fully saturated rings. The largest absolute Gasteiger partial charge is 0.354 e. The molecule has 0 aromatic carbocycles. The van der Waals surface area contributed by atoms with E-state index in [0.29, 0.717) is 6.54 Å². The van der Waals surface area contributed by atoms with Crippen molar-refractivity contribution in [1.82, 2.24) is 20.1 Å². The second-order valence-electron chi connectivity index (χ2n) is 3.47. The molecule has 0 radical (unpaired) electrons. The first-order valence-corrected chi connectivity index (χ1v) is 4.32. The van der Waals surface area contributed by atoms with Crippen LogP contribution in [0.15, 0.2) is 12.7 Å². The summed E-state index contributed by atoms with van der Waals surface area (Å²) >= 11 is 0. The van der Waals surface area contributed by atoms with Crippen LogP contribution in [0.25, 0.3) is 0 Å². The van der Waals surface area contributed by atoms with Crippen molar-refractivity contribution in [2.45, 2.75) is 25.3 Å². The van der Waals surface area contributed by atoms with Crippen LogP contribution in [0.3, 0.4) is 0 Å². The van der Waals surface area contributed by atoms with Crippen LogP contribution < -0.4 is 5.32 Å². The van der Waals surface area contributed by atoms with E-state index in [0.717, 1.165) is 12.8 Å². The zero-order chi connectivity index (χ0) is 9.31. The van der Waals surface area contributed by atoms with Crippen LogP contribution in [0.1, 0.15) is 19.8 Å². The summed E-state index contributed by atoms with van der Waals surface area (Å²) in [6.07, 6.45) is 5.36. The first kappa shape index (κ1) is 8.22. The monoisotopic (exact) mass is 180 g/mol. The number of carbonyl (C=O) groups excluding carboxylic acids is 1. The molecule has 0 bridgehead atoms. The van der Waals surface area contributed by atoms with Gasteiger partial charge in [-0.05, 0) is 12.8 Å². The molecule has 2 rings (SSSR count).